The number of hydrogen-bond donors (Lipinski definition) is 1. The molecular weight excluding hydrogens is 400 g/mol. The zero-order valence-corrected chi connectivity index (χ0v) is 12.8. The molecule has 1 N–H and O–H groups in total. The topological polar surface area (TPSA) is 20.2 Å². The van der Waals surface area contributed by atoms with E-state index in [9.17, 15) is 5.11 Å². The van der Waals surface area contributed by atoms with Crippen molar-refractivity contribution in [3.05, 3.63) is 35.9 Å². The zero-order chi connectivity index (χ0) is 12.0. The van der Waals surface area contributed by atoms with Gasteiger partial charge in [0.15, 0.2) is 8.25 Å². The minimum atomic E-state index is -0.891. The lowest BCUT2D eigenvalue weighted by molar-refractivity contribution is 0.248. The molecule has 0 aliphatic carbocycles. The number of hydrogen-bond acceptors (Lipinski definition) is 1. The Labute approximate surface area is 120 Å². The van der Waals surface area contributed by atoms with Crippen molar-refractivity contribution in [3.63, 3.8) is 0 Å². The first-order valence-electron chi connectivity index (χ1n) is 4.31. The monoisotopic (exact) mass is 404 g/mol. The van der Waals surface area contributed by atoms with Crippen LogP contribution in [0.25, 0.3) is 0 Å². The summed E-state index contributed by atoms with van der Waals surface area (Å²) in [5.41, 5.74) is 0.897. The predicted octanol–water partition coefficient (Wildman–Crippen LogP) is 3.24. The van der Waals surface area contributed by atoms with Crippen molar-refractivity contribution in [3.8, 4) is 23.7 Å². The van der Waals surface area contributed by atoms with Crippen LogP contribution in [0.2, 0.25) is 0 Å². The Balaban J connectivity index is 2.66. The summed E-state index contributed by atoms with van der Waals surface area (Å²) in [5.74, 6) is 10.7. The fourth-order valence-corrected chi connectivity index (χ4v) is 1.15. The van der Waals surface area contributed by atoms with Crippen molar-refractivity contribution in [1.82, 2.24) is 0 Å². The van der Waals surface area contributed by atoms with Crippen LogP contribution in [0.5, 0.6) is 0 Å². The Hall–Kier alpha value is -0.260. The van der Waals surface area contributed by atoms with Crippen molar-refractivity contribution < 1.29 is 5.11 Å². The zero-order valence-electron chi connectivity index (χ0n) is 8.05. The Morgan fingerprint density at radius 1 is 1.06 bits per heavy atom. The minimum absolute atomic E-state index is 0.783. The van der Waals surface area contributed by atoms with Gasteiger partial charge in [-0.25, -0.2) is 0 Å². The van der Waals surface area contributed by atoms with Crippen LogP contribution in [0.3, 0.4) is 0 Å². The van der Waals surface area contributed by atoms with E-state index in [1.54, 1.807) is 0 Å². The van der Waals surface area contributed by atoms with Crippen molar-refractivity contribution in [2.75, 3.05) is 0 Å². The van der Waals surface area contributed by atoms with Crippen molar-refractivity contribution >= 4 is 47.8 Å². The molecule has 0 saturated carbocycles. The summed E-state index contributed by atoms with van der Waals surface area (Å²) in [4.78, 5) is 0. The Morgan fingerprint density at radius 2 is 1.69 bits per heavy atom. The SMILES string of the molecule is OC(C#CC#Cc1ccccc1)C(Br)(Br)Br. The second-order valence-electron chi connectivity index (χ2n) is 2.83. The van der Waals surface area contributed by atoms with E-state index in [1.165, 1.54) is 0 Å². The fourth-order valence-electron chi connectivity index (χ4n) is 0.811. The molecule has 0 radical (unpaired) electrons. The molecule has 16 heavy (non-hydrogen) atoms. The first-order chi connectivity index (χ1) is 7.50. The largest absolute Gasteiger partial charge is 0.377 e. The van der Waals surface area contributed by atoms with Gasteiger partial charge in [0.25, 0.3) is 0 Å². The highest BCUT2D eigenvalue weighted by molar-refractivity contribution is 9.39. The number of aliphatic hydroxyl groups is 1. The van der Waals surface area contributed by atoms with E-state index in [0.29, 0.717) is 0 Å². The molecular formula is C12H7Br3O. The highest BCUT2D eigenvalue weighted by atomic mass is 80.0. The van der Waals surface area contributed by atoms with E-state index in [0.717, 1.165) is 5.56 Å². The molecule has 4 heteroatoms. The molecule has 1 aromatic carbocycles. The lowest BCUT2D eigenvalue weighted by Crippen LogP contribution is -2.20. The lowest BCUT2D eigenvalue weighted by atomic mass is 10.2. The third-order valence-corrected chi connectivity index (χ3v) is 2.86. The molecule has 82 valence electrons. The molecule has 0 heterocycles. The van der Waals surface area contributed by atoms with Crippen LogP contribution >= 0.6 is 47.8 Å². The molecule has 1 aromatic rings. The van der Waals surface area contributed by atoms with E-state index in [2.05, 4.69) is 71.5 Å². The van der Waals surface area contributed by atoms with Crippen LogP contribution in [0.15, 0.2) is 30.3 Å². The van der Waals surface area contributed by atoms with E-state index in [-0.39, 0.29) is 0 Å². The van der Waals surface area contributed by atoms with Crippen LogP contribution < -0.4 is 0 Å². The normalized spacial score (nSPS) is 11.8. The van der Waals surface area contributed by atoms with E-state index >= 15 is 0 Å². The molecule has 0 aliphatic heterocycles. The van der Waals surface area contributed by atoms with E-state index in [1.807, 2.05) is 30.3 Å². The average molecular weight is 407 g/mol. The van der Waals surface area contributed by atoms with Crippen LogP contribution in [-0.4, -0.2) is 13.4 Å². The molecule has 0 fully saturated rings. The number of aliphatic hydroxyl groups excluding tert-OH is 1. The number of rotatable bonds is 0. The number of alkyl halides is 3. The maximum Gasteiger partial charge on any atom is 0.171 e. The first kappa shape index (κ1) is 13.8. The van der Waals surface area contributed by atoms with Gasteiger partial charge in [-0.1, -0.05) is 77.8 Å². The maximum atomic E-state index is 9.50. The second-order valence-corrected chi connectivity index (χ2v) is 9.77. The Bertz CT molecular complexity index is 454. The summed E-state index contributed by atoms with van der Waals surface area (Å²) in [6.07, 6.45) is -0.891. The highest BCUT2D eigenvalue weighted by Gasteiger charge is 2.26. The molecule has 1 unspecified atom stereocenters. The van der Waals surface area contributed by atoms with Gasteiger partial charge in [0.05, 0.1) is 0 Å². The van der Waals surface area contributed by atoms with Crippen molar-refractivity contribution in [2.45, 2.75) is 8.25 Å². The van der Waals surface area contributed by atoms with Crippen molar-refractivity contribution in [2.24, 2.45) is 0 Å². The van der Waals surface area contributed by atoms with Crippen LogP contribution in [0, 0.1) is 23.7 Å². The average Bonchev–Trinajstić information content (AvgIpc) is 2.24. The van der Waals surface area contributed by atoms with Crippen LogP contribution in [0.1, 0.15) is 5.56 Å². The first-order valence-corrected chi connectivity index (χ1v) is 6.69. The van der Waals surface area contributed by atoms with Crippen molar-refractivity contribution in [1.29, 1.82) is 0 Å². The lowest BCUT2D eigenvalue weighted by Gasteiger charge is -2.13. The van der Waals surface area contributed by atoms with Gasteiger partial charge in [-0.15, -0.1) is 0 Å². The van der Waals surface area contributed by atoms with Gasteiger partial charge in [0.1, 0.15) is 0 Å². The molecule has 1 nitrogen and oxygen atoms in total. The van der Waals surface area contributed by atoms with Gasteiger partial charge in [-0.3, -0.25) is 0 Å². The van der Waals surface area contributed by atoms with E-state index < -0.39 is 8.25 Å². The Kier molecular flexibility index (Phi) is 5.58. The summed E-state index contributed by atoms with van der Waals surface area (Å²) in [7, 11) is 0. The summed E-state index contributed by atoms with van der Waals surface area (Å²) >= 11 is 9.52. The summed E-state index contributed by atoms with van der Waals surface area (Å²) in [6, 6.07) is 9.54. The van der Waals surface area contributed by atoms with Gasteiger partial charge in [-0.2, -0.15) is 0 Å². The molecule has 0 amide bonds. The molecule has 1 rings (SSSR count). The van der Waals surface area contributed by atoms with Gasteiger partial charge >= 0.3 is 0 Å². The highest BCUT2D eigenvalue weighted by Crippen LogP contribution is 2.36. The third-order valence-electron chi connectivity index (χ3n) is 1.56. The third kappa shape index (κ3) is 5.18. The second kappa shape index (κ2) is 6.47. The Morgan fingerprint density at radius 3 is 2.25 bits per heavy atom. The molecule has 0 aliphatic rings. The molecule has 0 saturated heterocycles. The van der Waals surface area contributed by atoms with Gasteiger partial charge < -0.3 is 5.11 Å². The van der Waals surface area contributed by atoms with Gasteiger partial charge in [0.2, 0.25) is 0 Å². The van der Waals surface area contributed by atoms with Gasteiger partial charge in [0, 0.05) is 5.56 Å². The summed E-state index contributed by atoms with van der Waals surface area (Å²) in [6.45, 7) is 0. The summed E-state index contributed by atoms with van der Waals surface area (Å²) in [5, 5.41) is 9.50. The molecule has 0 bridgehead atoms. The summed E-state index contributed by atoms with van der Waals surface area (Å²) < 4.78 is -0.783. The van der Waals surface area contributed by atoms with Crippen LogP contribution in [0.4, 0.5) is 0 Å². The van der Waals surface area contributed by atoms with E-state index in [4.69, 9.17) is 0 Å². The maximum absolute atomic E-state index is 9.50. The standard InChI is InChI=1S/C12H7Br3O/c13-12(14,15)11(16)9-5-4-8-10-6-2-1-3-7-10/h1-3,6-7,11,16H. The molecule has 0 spiro atoms. The number of benzene rings is 1. The predicted molar refractivity (Wildman–Crippen MR) is 76.6 cm³/mol. The quantitative estimate of drug-likeness (QED) is 0.518. The minimum Gasteiger partial charge on any atom is -0.377 e. The van der Waals surface area contributed by atoms with Crippen LogP contribution in [-0.2, 0) is 0 Å². The smallest absolute Gasteiger partial charge is 0.171 e. The molecule has 0 aromatic heterocycles. The number of halogens is 3. The molecule has 1 atom stereocenters. The van der Waals surface area contributed by atoms with Gasteiger partial charge in [-0.05, 0) is 24.0 Å². The fraction of sp³-hybridized carbons (Fsp3) is 0.167.